The van der Waals surface area contributed by atoms with E-state index in [9.17, 15) is 13.2 Å². The molecular formula is C18H16INO4S. The number of ether oxygens (including phenoxy) is 1. The third kappa shape index (κ3) is 4.21. The molecule has 5 nitrogen and oxygen atoms in total. The molecule has 25 heavy (non-hydrogen) atoms. The van der Waals surface area contributed by atoms with E-state index in [-0.39, 0.29) is 11.3 Å². The van der Waals surface area contributed by atoms with Gasteiger partial charge < -0.3 is 10.5 Å². The molecule has 2 N–H and O–H groups in total. The maximum Gasteiger partial charge on any atom is 0.343 e. The first-order valence-corrected chi connectivity index (χ1v) is 9.79. The van der Waals surface area contributed by atoms with E-state index in [1.54, 1.807) is 24.3 Å². The lowest BCUT2D eigenvalue weighted by molar-refractivity contribution is -0.143. The summed E-state index contributed by atoms with van der Waals surface area (Å²) < 4.78 is 31.3. The number of hydrogen-bond acceptors (Lipinski definition) is 5. The van der Waals surface area contributed by atoms with Gasteiger partial charge in [-0.1, -0.05) is 30.0 Å². The number of methoxy groups -OCH3 is 1. The summed E-state index contributed by atoms with van der Waals surface area (Å²) in [5.74, 6) is 4.45. The summed E-state index contributed by atoms with van der Waals surface area (Å²) in [6.45, 7) is 0. The van der Waals surface area contributed by atoms with Crippen LogP contribution in [0, 0.1) is 15.4 Å². The fourth-order valence-electron chi connectivity index (χ4n) is 2.07. The van der Waals surface area contributed by atoms with E-state index < -0.39 is 20.7 Å². The van der Waals surface area contributed by atoms with E-state index in [0.717, 1.165) is 10.7 Å². The molecule has 0 spiro atoms. The fraction of sp³-hybridized carbons (Fsp3) is 0.167. The Morgan fingerprint density at radius 1 is 1.16 bits per heavy atom. The molecule has 0 fully saturated rings. The van der Waals surface area contributed by atoms with Crippen LogP contribution in [0.15, 0.2) is 59.5 Å². The van der Waals surface area contributed by atoms with Crippen LogP contribution < -0.4 is 5.73 Å². The molecule has 0 radical (unpaired) electrons. The lowest BCUT2D eigenvalue weighted by Gasteiger charge is -2.24. The number of carbonyl (C=O) groups is 1. The molecule has 0 bridgehead atoms. The summed E-state index contributed by atoms with van der Waals surface area (Å²) in [4.78, 5) is 9.83. The zero-order valence-corrected chi connectivity index (χ0v) is 16.4. The molecule has 2 aromatic rings. The van der Waals surface area contributed by atoms with Gasteiger partial charge in [-0.15, -0.1) is 0 Å². The topological polar surface area (TPSA) is 86.5 Å². The predicted octanol–water partition coefficient (Wildman–Crippen LogP) is 2.33. The first-order chi connectivity index (χ1) is 11.8. The van der Waals surface area contributed by atoms with Crippen molar-refractivity contribution in [3.05, 3.63) is 63.7 Å². The number of esters is 1. The van der Waals surface area contributed by atoms with Crippen molar-refractivity contribution in [2.75, 3.05) is 7.11 Å². The highest BCUT2D eigenvalue weighted by Crippen LogP contribution is 2.26. The molecule has 130 valence electrons. The van der Waals surface area contributed by atoms with Gasteiger partial charge in [-0.25, -0.2) is 13.2 Å². The van der Waals surface area contributed by atoms with Crippen LogP contribution in [-0.4, -0.2) is 26.4 Å². The molecule has 0 saturated carbocycles. The highest BCUT2D eigenvalue weighted by atomic mass is 127. The summed E-state index contributed by atoms with van der Waals surface area (Å²) in [5.41, 5.74) is 6.69. The predicted molar refractivity (Wildman–Crippen MR) is 103 cm³/mol. The quantitative estimate of drug-likeness (QED) is 0.422. The van der Waals surface area contributed by atoms with Gasteiger partial charge >= 0.3 is 5.97 Å². The molecule has 1 unspecified atom stereocenters. The van der Waals surface area contributed by atoms with Crippen LogP contribution in [0.1, 0.15) is 12.0 Å². The van der Waals surface area contributed by atoms with E-state index in [4.69, 9.17) is 5.73 Å². The van der Waals surface area contributed by atoms with E-state index in [1.807, 2.05) is 18.2 Å². The number of halogens is 1. The molecule has 1 atom stereocenters. The highest BCUT2D eigenvalue weighted by Gasteiger charge is 2.49. The minimum Gasteiger partial charge on any atom is -0.467 e. The molecule has 2 rings (SSSR count). The average Bonchev–Trinajstić information content (AvgIpc) is 2.62. The standard InChI is InChI=1S/C18H16INO4S/c1-24-17(21)18(20,13-5-8-14-6-3-2-4-7-14)25(22,23)16-11-9-15(19)10-12-16/h2-4,6-7,9-12H,13,20H2,1H3. The van der Waals surface area contributed by atoms with Crippen molar-refractivity contribution in [2.24, 2.45) is 5.73 Å². The third-order valence-corrected chi connectivity index (χ3v) is 6.37. The first kappa shape index (κ1) is 19.4. The third-order valence-electron chi connectivity index (χ3n) is 3.49. The number of hydrogen-bond donors (Lipinski definition) is 1. The van der Waals surface area contributed by atoms with Gasteiger partial charge in [0.2, 0.25) is 14.7 Å². The lowest BCUT2D eigenvalue weighted by Crippen LogP contribution is -2.55. The van der Waals surface area contributed by atoms with Crippen LogP contribution in [-0.2, 0) is 19.4 Å². The molecule has 0 amide bonds. The Hall–Kier alpha value is -1.89. The summed E-state index contributed by atoms with van der Waals surface area (Å²) >= 11 is 2.06. The van der Waals surface area contributed by atoms with Gasteiger partial charge in [0.1, 0.15) is 0 Å². The number of sulfone groups is 1. The lowest BCUT2D eigenvalue weighted by atomic mass is 10.2. The maximum atomic E-state index is 12.9. The summed E-state index contributed by atoms with van der Waals surface area (Å²) in [5, 5.41) is 0. The van der Waals surface area contributed by atoms with Gasteiger partial charge in [0.25, 0.3) is 0 Å². The molecule has 0 aliphatic rings. The Kier molecular flexibility index (Phi) is 6.21. The summed E-state index contributed by atoms with van der Waals surface area (Å²) in [7, 11) is -3.09. The fourth-order valence-corrected chi connectivity index (χ4v) is 3.91. The van der Waals surface area contributed by atoms with Crippen molar-refractivity contribution < 1.29 is 17.9 Å². The molecule has 0 heterocycles. The van der Waals surface area contributed by atoms with Crippen molar-refractivity contribution in [1.29, 1.82) is 0 Å². The number of benzene rings is 2. The number of rotatable bonds is 4. The molecule has 0 aliphatic heterocycles. The average molecular weight is 469 g/mol. The molecule has 2 aromatic carbocycles. The van der Waals surface area contributed by atoms with E-state index in [1.165, 1.54) is 12.1 Å². The SMILES string of the molecule is COC(=O)C(N)(CC#Cc1ccccc1)S(=O)(=O)c1ccc(I)cc1. The van der Waals surface area contributed by atoms with Crippen LogP contribution in [0.3, 0.4) is 0 Å². The van der Waals surface area contributed by atoms with E-state index in [0.29, 0.717) is 5.56 Å². The Balaban J connectivity index is 2.42. The maximum absolute atomic E-state index is 12.9. The Morgan fingerprint density at radius 3 is 2.32 bits per heavy atom. The minimum absolute atomic E-state index is 0.0534. The van der Waals surface area contributed by atoms with E-state index in [2.05, 4.69) is 39.2 Å². The van der Waals surface area contributed by atoms with Crippen molar-refractivity contribution in [3.8, 4) is 11.8 Å². The van der Waals surface area contributed by atoms with Crippen LogP contribution in [0.2, 0.25) is 0 Å². The minimum atomic E-state index is -4.19. The summed E-state index contributed by atoms with van der Waals surface area (Å²) in [6.07, 6.45) is -0.386. The molecule has 0 aromatic heterocycles. The van der Waals surface area contributed by atoms with Gasteiger partial charge in [-0.3, -0.25) is 0 Å². The van der Waals surface area contributed by atoms with Crippen LogP contribution in [0.5, 0.6) is 0 Å². The van der Waals surface area contributed by atoms with Gasteiger partial charge in [0, 0.05) is 9.13 Å². The van der Waals surface area contributed by atoms with E-state index >= 15 is 0 Å². The normalized spacial score (nSPS) is 13.2. The molecule has 0 aliphatic carbocycles. The first-order valence-electron chi connectivity index (χ1n) is 7.22. The van der Waals surface area contributed by atoms with Crippen molar-refractivity contribution in [2.45, 2.75) is 16.2 Å². The number of nitrogens with two attached hydrogens (primary N) is 1. The Labute approximate surface area is 160 Å². The Morgan fingerprint density at radius 2 is 1.76 bits per heavy atom. The second-order valence-corrected chi connectivity index (χ2v) is 8.64. The Bertz CT molecular complexity index is 915. The van der Waals surface area contributed by atoms with Gasteiger partial charge in [-0.2, -0.15) is 0 Å². The number of carbonyl (C=O) groups excluding carboxylic acids is 1. The van der Waals surface area contributed by atoms with Gasteiger partial charge in [0.15, 0.2) is 0 Å². The van der Waals surface area contributed by atoms with Crippen LogP contribution in [0.25, 0.3) is 0 Å². The second-order valence-electron chi connectivity index (χ2n) is 5.18. The zero-order chi connectivity index (χ0) is 18.5. The largest absolute Gasteiger partial charge is 0.467 e. The molecule has 0 saturated heterocycles. The van der Waals surface area contributed by atoms with Gasteiger partial charge in [-0.05, 0) is 59.0 Å². The second kappa shape index (κ2) is 7.99. The van der Waals surface area contributed by atoms with Gasteiger partial charge in [0.05, 0.1) is 18.4 Å². The van der Waals surface area contributed by atoms with Crippen molar-refractivity contribution >= 4 is 38.4 Å². The van der Waals surface area contributed by atoms with Crippen molar-refractivity contribution in [1.82, 2.24) is 0 Å². The van der Waals surface area contributed by atoms with Crippen molar-refractivity contribution in [3.63, 3.8) is 0 Å². The summed E-state index contributed by atoms with van der Waals surface area (Å²) in [6, 6.07) is 15.1. The van der Waals surface area contributed by atoms with Crippen LogP contribution in [0.4, 0.5) is 0 Å². The smallest absolute Gasteiger partial charge is 0.343 e. The van der Waals surface area contributed by atoms with Crippen LogP contribution >= 0.6 is 22.6 Å². The molecular weight excluding hydrogens is 453 g/mol. The zero-order valence-electron chi connectivity index (χ0n) is 13.4. The monoisotopic (exact) mass is 469 g/mol. The highest BCUT2D eigenvalue weighted by molar-refractivity contribution is 14.1. The molecule has 7 heteroatoms.